The lowest BCUT2D eigenvalue weighted by Crippen LogP contribution is -2.70. The lowest BCUT2D eigenvalue weighted by atomic mass is 10.1. The van der Waals surface area contributed by atoms with E-state index in [1.54, 1.807) is 0 Å². The molecule has 0 saturated heterocycles. The quantitative estimate of drug-likeness (QED) is 0.156. The highest BCUT2D eigenvalue weighted by molar-refractivity contribution is 5.81. The molecule has 0 aliphatic rings. The van der Waals surface area contributed by atoms with Crippen LogP contribution >= 0.6 is 0 Å². The van der Waals surface area contributed by atoms with E-state index in [-0.39, 0.29) is 9.80 Å². The Hall–Kier alpha value is -2.36. The summed E-state index contributed by atoms with van der Waals surface area (Å²) in [6.45, 7) is 0.434. The van der Waals surface area contributed by atoms with Gasteiger partial charge in [-0.1, -0.05) is 0 Å². The van der Waals surface area contributed by atoms with Gasteiger partial charge in [0.1, 0.15) is 0 Å². The molecule has 14 heteroatoms. The van der Waals surface area contributed by atoms with Crippen LogP contribution in [-0.2, 0) is 19.2 Å². The third-order valence-electron chi connectivity index (χ3n) is 4.27. The number of carboxylic acids is 4. The number of carboxylic acid groups (broad SMARTS) is 4. The first kappa shape index (κ1) is 25.6. The maximum absolute atomic E-state index is 11.3. The van der Waals surface area contributed by atoms with Crippen molar-refractivity contribution in [1.82, 2.24) is 9.80 Å². The second kappa shape index (κ2) is 7.94. The molecular weight excluding hydrogens is 388 g/mol. The lowest BCUT2D eigenvalue weighted by Gasteiger charge is -2.45. The normalized spacial score (nSPS) is 20.5. The number of rotatable bonds is 11. The molecule has 14 nitrogen and oxygen atoms in total. The number of hydrogen-bond acceptors (Lipinski definition) is 10. The summed E-state index contributed by atoms with van der Waals surface area (Å²) in [5.74, 6) is -7.96. The Labute approximate surface area is 158 Å². The van der Waals surface area contributed by atoms with Crippen LogP contribution in [-0.4, -0.2) is 111 Å². The molecule has 8 N–H and O–H groups in total. The molecule has 0 rings (SSSR count). The SMILES string of the molecule is CC(O)(C(=O)O)N(CCN(C(C)(O)C(=O)O)C(C)(O)C(=O)O)C(C)(O)C(=O)O. The Morgan fingerprint density at radius 3 is 0.786 bits per heavy atom. The number of nitrogens with zero attached hydrogens (tertiary/aromatic N) is 2. The van der Waals surface area contributed by atoms with Crippen LogP contribution in [0.2, 0.25) is 0 Å². The average Bonchev–Trinajstić information content (AvgIpc) is 2.49. The van der Waals surface area contributed by atoms with E-state index in [0.29, 0.717) is 27.7 Å². The van der Waals surface area contributed by atoms with E-state index in [9.17, 15) is 39.6 Å². The fraction of sp³-hybridized carbons (Fsp3) is 0.714. The van der Waals surface area contributed by atoms with Crippen molar-refractivity contribution < 1.29 is 60.0 Å². The molecule has 0 aromatic carbocycles. The fourth-order valence-electron chi connectivity index (χ4n) is 2.38. The number of hydrogen-bond donors (Lipinski definition) is 8. The largest absolute Gasteiger partial charge is 0.478 e. The van der Waals surface area contributed by atoms with Gasteiger partial charge in [-0.25, -0.2) is 29.0 Å². The third-order valence-corrected chi connectivity index (χ3v) is 4.27. The highest BCUT2D eigenvalue weighted by Crippen LogP contribution is 2.27. The molecule has 0 aliphatic heterocycles. The summed E-state index contributed by atoms with van der Waals surface area (Å²) in [7, 11) is 0. The summed E-state index contributed by atoms with van der Waals surface area (Å²) in [6, 6.07) is 0. The zero-order chi connectivity index (χ0) is 22.9. The van der Waals surface area contributed by atoms with Crippen LogP contribution in [0.4, 0.5) is 0 Å². The van der Waals surface area contributed by atoms with Gasteiger partial charge < -0.3 is 40.9 Å². The molecule has 0 aromatic heterocycles. The minimum absolute atomic E-state index is 0.105. The van der Waals surface area contributed by atoms with Crippen LogP contribution in [0.3, 0.4) is 0 Å². The molecule has 0 fully saturated rings. The predicted molar refractivity (Wildman–Crippen MR) is 86.5 cm³/mol. The van der Waals surface area contributed by atoms with E-state index < -0.39 is 59.9 Å². The van der Waals surface area contributed by atoms with E-state index in [1.165, 1.54) is 0 Å². The molecule has 0 spiro atoms. The van der Waals surface area contributed by atoms with Crippen LogP contribution in [0.15, 0.2) is 0 Å². The minimum Gasteiger partial charge on any atom is -0.478 e. The summed E-state index contributed by atoms with van der Waals surface area (Å²) >= 11 is 0. The van der Waals surface area contributed by atoms with Crippen LogP contribution in [0.25, 0.3) is 0 Å². The van der Waals surface area contributed by atoms with E-state index in [4.69, 9.17) is 20.4 Å². The van der Waals surface area contributed by atoms with Gasteiger partial charge in [0.25, 0.3) is 0 Å². The Morgan fingerprint density at radius 1 is 0.536 bits per heavy atom. The van der Waals surface area contributed by atoms with Gasteiger partial charge in [-0.05, 0) is 27.7 Å². The maximum atomic E-state index is 11.3. The van der Waals surface area contributed by atoms with Gasteiger partial charge >= 0.3 is 23.9 Å². The molecule has 0 heterocycles. The Kier molecular flexibility index (Phi) is 7.27. The van der Waals surface area contributed by atoms with Gasteiger partial charge in [0, 0.05) is 13.1 Å². The Balaban J connectivity index is 6.23. The molecule has 0 radical (unpaired) electrons. The highest BCUT2D eigenvalue weighted by atomic mass is 16.5. The topological polar surface area (TPSA) is 237 Å². The monoisotopic (exact) mass is 412 g/mol. The second-order valence-corrected chi connectivity index (χ2v) is 6.61. The average molecular weight is 412 g/mol. The van der Waals surface area contributed by atoms with Crippen molar-refractivity contribution >= 4 is 23.9 Å². The molecule has 162 valence electrons. The smallest absolute Gasteiger partial charge is 0.351 e. The van der Waals surface area contributed by atoms with Gasteiger partial charge in [-0.2, -0.15) is 0 Å². The fourth-order valence-corrected chi connectivity index (χ4v) is 2.38. The van der Waals surface area contributed by atoms with Crippen molar-refractivity contribution in [2.24, 2.45) is 0 Å². The third kappa shape index (κ3) is 4.73. The van der Waals surface area contributed by atoms with Gasteiger partial charge in [-0.3, -0.25) is 0 Å². The van der Waals surface area contributed by atoms with Crippen LogP contribution in [0.1, 0.15) is 27.7 Å². The van der Waals surface area contributed by atoms with E-state index in [2.05, 4.69) is 0 Å². The minimum atomic E-state index is -3.02. The number of carbonyl (C=O) groups is 4. The molecule has 0 aromatic rings. The first-order valence-electron chi connectivity index (χ1n) is 7.63. The van der Waals surface area contributed by atoms with Crippen LogP contribution < -0.4 is 0 Å². The summed E-state index contributed by atoms with van der Waals surface area (Å²) in [5.41, 5.74) is -12.1. The molecule has 0 aliphatic carbocycles. The summed E-state index contributed by atoms with van der Waals surface area (Å²) < 4.78 is 0. The van der Waals surface area contributed by atoms with Crippen molar-refractivity contribution in [3.05, 3.63) is 0 Å². The first-order valence-corrected chi connectivity index (χ1v) is 7.63. The van der Waals surface area contributed by atoms with Gasteiger partial charge in [-0.15, -0.1) is 0 Å². The molecule has 4 unspecified atom stereocenters. The molecular formula is C14H24N2O12. The van der Waals surface area contributed by atoms with Crippen molar-refractivity contribution in [1.29, 1.82) is 0 Å². The van der Waals surface area contributed by atoms with Gasteiger partial charge in [0.2, 0.25) is 22.9 Å². The predicted octanol–water partition coefficient (Wildman–Crippen LogP) is -3.24. The van der Waals surface area contributed by atoms with E-state index in [1.807, 2.05) is 0 Å². The first-order chi connectivity index (χ1) is 12.2. The van der Waals surface area contributed by atoms with Crippen molar-refractivity contribution in [2.45, 2.75) is 50.6 Å². The van der Waals surface area contributed by atoms with E-state index >= 15 is 0 Å². The Morgan fingerprint density at radius 2 is 0.679 bits per heavy atom. The molecule has 0 saturated carbocycles. The van der Waals surface area contributed by atoms with Crippen LogP contribution in [0.5, 0.6) is 0 Å². The second-order valence-electron chi connectivity index (χ2n) is 6.61. The van der Waals surface area contributed by atoms with Crippen molar-refractivity contribution in [2.75, 3.05) is 13.1 Å². The zero-order valence-corrected chi connectivity index (χ0v) is 15.5. The summed E-state index contributed by atoms with van der Waals surface area (Å²) in [4.78, 5) is 45.4. The number of aliphatic hydroxyl groups is 4. The summed E-state index contributed by atoms with van der Waals surface area (Å²) in [5, 5.41) is 76.9. The van der Waals surface area contributed by atoms with Crippen LogP contribution in [0, 0.1) is 0 Å². The highest BCUT2D eigenvalue weighted by Gasteiger charge is 2.54. The summed E-state index contributed by atoms with van der Waals surface area (Å²) in [6.07, 6.45) is 0. The van der Waals surface area contributed by atoms with Gasteiger partial charge in [0.15, 0.2) is 0 Å². The molecule has 28 heavy (non-hydrogen) atoms. The standard InChI is InChI=1S/C14H24N2O12/c1-11(25,7(17)18)15(12(2,26)8(19)20)5-6-16(13(3,27)9(21)22)14(4,28)10(23)24/h25-28H,5-6H2,1-4H3,(H,17,18)(H,19,20)(H,21,22)(H,23,24). The van der Waals surface area contributed by atoms with Crippen molar-refractivity contribution in [3.63, 3.8) is 0 Å². The van der Waals surface area contributed by atoms with E-state index in [0.717, 1.165) is 0 Å². The molecule has 4 atom stereocenters. The zero-order valence-electron chi connectivity index (χ0n) is 15.5. The molecule has 0 amide bonds. The Bertz CT molecular complexity index is 547. The van der Waals surface area contributed by atoms with Crippen molar-refractivity contribution in [3.8, 4) is 0 Å². The van der Waals surface area contributed by atoms with Gasteiger partial charge in [0.05, 0.1) is 0 Å². The number of aliphatic carboxylic acids is 4. The molecule has 0 bridgehead atoms. The maximum Gasteiger partial charge on any atom is 0.351 e. The lowest BCUT2D eigenvalue weighted by molar-refractivity contribution is -0.250.